The molecule has 4 aromatic rings. The van der Waals surface area contributed by atoms with E-state index in [0.29, 0.717) is 24.1 Å². The monoisotopic (exact) mass is 658 g/mol. The van der Waals surface area contributed by atoms with Crippen LogP contribution in [0.5, 0.6) is 5.75 Å². The van der Waals surface area contributed by atoms with Gasteiger partial charge in [0.25, 0.3) is 0 Å². The molecule has 2 aliphatic heterocycles. The van der Waals surface area contributed by atoms with Crippen molar-refractivity contribution < 1.29 is 19.1 Å². The van der Waals surface area contributed by atoms with Gasteiger partial charge in [-0.1, -0.05) is 97.1 Å². The summed E-state index contributed by atoms with van der Waals surface area (Å²) in [6.45, 7) is 2.47. The van der Waals surface area contributed by atoms with E-state index in [2.05, 4.69) is 96.1 Å². The molecule has 7 heteroatoms. The summed E-state index contributed by atoms with van der Waals surface area (Å²) in [6, 6.07) is 36.4. The zero-order valence-electron chi connectivity index (χ0n) is 27.6. The summed E-state index contributed by atoms with van der Waals surface area (Å²) in [5.74, 6) is 1.54. The number of piperidine rings is 1. The van der Waals surface area contributed by atoms with Crippen LogP contribution >= 0.6 is 11.8 Å². The van der Waals surface area contributed by atoms with Gasteiger partial charge in [-0.2, -0.15) is 0 Å². The Bertz CT molecular complexity index is 1720. The molecule has 0 aromatic heterocycles. The molecule has 1 saturated carbocycles. The van der Waals surface area contributed by atoms with Crippen LogP contribution in [0.2, 0.25) is 0 Å². The quantitative estimate of drug-likeness (QED) is 0.150. The van der Waals surface area contributed by atoms with Crippen LogP contribution in [0.4, 0.5) is 5.69 Å². The minimum Gasteiger partial charge on any atom is -0.483 e. The van der Waals surface area contributed by atoms with E-state index in [9.17, 15) is 9.59 Å². The lowest BCUT2D eigenvalue weighted by atomic mass is 9.51. The van der Waals surface area contributed by atoms with Crippen LogP contribution in [0.25, 0.3) is 0 Å². The van der Waals surface area contributed by atoms with E-state index >= 15 is 0 Å². The third kappa shape index (κ3) is 4.97. The number of likely N-dealkylation sites (N-methyl/N-ethyl adjacent to an activating group) is 1. The summed E-state index contributed by atoms with van der Waals surface area (Å²) in [5.41, 5.74) is 6.62. The van der Waals surface area contributed by atoms with Crippen LogP contribution in [0.1, 0.15) is 60.4 Å². The third-order valence-corrected chi connectivity index (χ3v) is 12.9. The van der Waals surface area contributed by atoms with Crippen molar-refractivity contribution in [3.8, 4) is 5.75 Å². The highest BCUT2D eigenvalue weighted by atomic mass is 32.2. The average Bonchev–Trinajstić information content (AvgIpc) is 3.47. The van der Waals surface area contributed by atoms with Crippen molar-refractivity contribution in [2.24, 2.45) is 5.92 Å². The van der Waals surface area contributed by atoms with Gasteiger partial charge < -0.3 is 19.7 Å². The number of nitrogens with zero attached hydrogens (tertiary/aromatic N) is 1. The van der Waals surface area contributed by atoms with Crippen molar-refractivity contribution in [1.29, 1.82) is 0 Å². The summed E-state index contributed by atoms with van der Waals surface area (Å²) in [6.07, 6.45) is 3.56. The molecule has 246 valence electrons. The van der Waals surface area contributed by atoms with Crippen molar-refractivity contribution in [3.05, 3.63) is 131 Å². The van der Waals surface area contributed by atoms with E-state index < -0.39 is 4.75 Å². The SMILES string of the molecule is CC(=O)O[C@H]1CC[C@H]2[C@H]3Cc4ccc(NC(=O)CCSC(c5ccccc5)(c5ccccc5)c5ccccc5)c5c4[C@@]2(CCN3C)[C@H]1O5. The van der Waals surface area contributed by atoms with E-state index in [1.165, 1.54) is 34.7 Å². The molecule has 4 aromatic carbocycles. The molecule has 0 radical (unpaired) electrons. The number of nitrogens with one attached hydrogen (secondary N) is 1. The van der Waals surface area contributed by atoms with Crippen LogP contribution in [0.15, 0.2) is 103 Å². The molecule has 1 saturated heterocycles. The van der Waals surface area contributed by atoms with E-state index in [4.69, 9.17) is 9.47 Å². The third-order valence-electron chi connectivity index (χ3n) is 11.3. The largest absolute Gasteiger partial charge is 0.483 e. The number of carbonyl (C=O) groups excluding carboxylic acids is 2. The second-order valence-electron chi connectivity index (χ2n) is 13.8. The van der Waals surface area contributed by atoms with Crippen LogP contribution in [0.3, 0.4) is 0 Å². The highest BCUT2D eigenvalue weighted by Gasteiger charge is 2.66. The molecule has 1 spiro atoms. The molecule has 4 aliphatic rings. The second kappa shape index (κ2) is 12.4. The number of thioether (sulfide) groups is 1. The fourth-order valence-corrected chi connectivity index (χ4v) is 10.9. The Morgan fingerprint density at radius 3 is 2.15 bits per heavy atom. The van der Waals surface area contributed by atoms with Crippen LogP contribution in [-0.4, -0.2) is 54.4 Å². The van der Waals surface area contributed by atoms with Gasteiger partial charge in [0.2, 0.25) is 5.91 Å². The Balaban J connectivity index is 1.08. The first kappa shape index (κ1) is 31.2. The molecule has 1 amide bonds. The fourth-order valence-electron chi connectivity index (χ4n) is 9.41. The highest BCUT2D eigenvalue weighted by molar-refractivity contribution is 8.00. The minimum atomic E-state index is -0.479. The Kier molecular flexibility index (Phi) is 8.08. The Labute approximate surface area is 287 Å². The van der Waals surface area contributed by atoms with Crippen molar-refractivity contribution in [2.45, 2.75) is 67.4 Å². The lowest BCUT2D eigenvalue weighted by Gasteiger charge is -2.58. The van der Waals surface area contributed by atoms with Gasteiger partial charge in [0.15, 0.2) is 0 Å². The molecule has 6 nitrogen and oxygen atoms in total. The Morgan fingerprint density at radius 1 is 0.917 bits per heavy atom. The summed E-state index contributed by atoms with van der Waals surface area (Å²) < 4.78 is 12.3. The van der Waals surface area contributed by atoms with Gasteiger partial charge in [0.1, 0.15) is 18.0 Å². The predicted molar refractivity (Wildman–Crippen MR) is 190 cm³/mol. The Morgan fingerprint density at radius 2 is 1.54 bits per heavy atom. The van der Waals surface area contributed by atoms with Crippen molar-refractivity contribution in [1.82, 2.24) is 4.90 Å². The maximum atomic E-state index is 13.8. The summed E-state index contributed by atoms with van der Waals surface area (Å²) in [4.78, 5) is 28.5. The summed E-state index contributed by atoms with van der Waals surface area (Å²) in [7, 11) is 2.24. The number of rotatable bonds is 9. The average molecular weight is 659 g/mol. The standard InChI is InChI=1S/C41H42N2O4S/c1-27(44)46-35-21-19-32-34-26-28-18-20-33(38-37(28)40(32,39(35)47-38)23-24-43(34)2)42-36(45)22-25-48-41(29-12-6-3-7-13-29,30-14-8-4-9-15-30)31-16-10-5-11-17-31/h3-18,20,32,34-35,39H,19,21-26H2,1-2H3,(H,42,45)/t32-,34+,35-,39-,40-/m0/s1. The van der Waals surface area contributed by atoms with E-state index in [-0.39, 0.29) is 29.5 Å². The van der Waals surface area contributed by atoms with Gasteiger partial charge in [0.05, 0.1) is 10.4 Å². The number of ether oxygens (including phenoxy) is 2. The maximum absolute atomic E-state index is 13.8. The predicted octanol–water partition coefficient (Wildman–Crippen LogP) is 7.34. The van der Waals surface area contributed by atoms with Crippen molar-refractivity contribution >= 4 is 29.3 Å². The van der Waals surface area contributed by atoms with E-state index in [1.807, 2.05) is 24.3 Å². The normalized spacial score (nSPS) is 25.5. The molecule has 48 heavy (non-hydrogen) atoms. The lowest BCUT2D eigenvalue weighted by molar-refractivity contribution is -0.163. The lowest BCUT2D eigenvalue weighted by Crippen LogP contribution is -2.66. The summed E-state index contributed by atoms with van der Waals surface area (Å²) in [5, 5.41) is 3.26. The Hall–Kier alpha value is -4.07. The fraction of sp³-hybridized carbons (Fsp3) is 0.366. The van der Waals surface area contributed by atoms with E-state index in [1.54, 1.807) is 11.8 Å². The van der Waals surface area contributed by atoms with Crippen molar-refractivity contribution in [2.75, 3.05) is 24.7 Å². The van der Waals surface area contributed by atoms with E-state index in [0.717, 1.165) is 43.7 Å². The smallest absolute Gasteiger partial charge is 0.303 e. The van der Waals surface area contributed by atoms with Crippen LogP contribution in [-0.2, 0) is 30.9 Å². The maximum Gasteiger partial charge on any atom is 0.303 e. The second-order valence-corrected chi connectivity index (χ2v) is 15.1. The molecule has 0 unspecified atom stereocenters. The van der Waals surface area contributed by atoms with Gasteiger partial charge >= 0.3 is 5.97 Å². The van der Waals surface area contributed by atoms with Crippen molar-refractivity contribution in [3.63, 3.8) is 0 Å². The van der Waals surface area contributed by atoms with Gasteiger partial charge in [0, 0.05) is 36.1 Å². The number of amides is 1. The van der Waals surface area contributed by atoms with Crippen LogP contribution < -0.4 is 10.1 Å². The minimum absolute atomic E-state index is 0.0390. The molecule has 2 heterocycles. The first-order chi connectivity index (χ1) is 23.4. The first-order valence-corrected chi connectivity index (χ1v) is 18.2. The topological polar surface area (TPSA) is 67.9 Å². The first-order valence-electron chi connectivity index (χ1n) is 17.2. The van der Waals surface area contributed by atoms with Gasteiger partial charge in [-0.05, 0) is 73.5 Å². The molecule has 2 fully saturated rings. The number of hydrogen-bond donors (Lipinski definition) is 1. The number of carbonyl (C=O) groups is 2. The number of anilines is 1. The van der Waals surface area contributed by atoms with Gasteiger partial charge in [-0.3, -0.25) is 9.59 Å². The number of benzene rings is 4. The van der Waals surface area contributed by atoms with Gasteiger partial charge in [-0.25, -0.2) is 0 Å². The zero-order chi connectivity index (χ0) is 32.9. The molecule has 5 atom stereocenters. The van der Waals surface area contributed by atoms with Gasteiger partial charge in [-0.15, -0.1) is 11.8 Å². The summed E-state index contributed by atoms with van der Waals surface area (Å²) >= 11 is 1.79. The molecular formula is C41H42N2O4S. The highest BCUT2D eigenvalue weighted by Crippen LogP contribution is 2.63. The molecule has 2 bridgehead atoms. The molecule has 2 aliphatic carbocycles. The number of hydrogen-bond acceptors (Lipinski definition) is 6. The molecule has 1 N–H and O–H groups in total. The molecule has 8 rings (SSSR count). The zero-order valence-corrected chi connectivity index (χ0v) is 28.4. The number of likely N-dealkylation sites (tertiary alicyclic amines) is 1. The molecular weight excluding hydrogens is 617 g/mol. The van der Waals surface area contributed by atoms with Crippen LogP contribution in [0, 0.1) is 5.92 Å². The number of esters is 1.